The summed E-state index contributed by atoms with van der Waals surface area (Å²) in [5.74, 6) is -26.2. The van der Waals surface area contributed by atoms with Crippen LogP contribution in [0.5, 0.6) is 0 Å². The Morgan fingerprint density at radius 3 is 1.17 bits per heavy atom. The van der Waals surface area contributed by atoms with Gasteiger partial charge in [0.2, 0.25) is 0 Å². The Morgan fingerprint density at radius 1 is 0.621 bits per heavy atom. The van der Waals surface area contributed by atoms with E-state index in [1.165, 1.54) is 0 Å². The largest absolute Gasteiger partial charge is 0.460 e. The van der Waals surface area contributed by atoms with Gasteiger partial charge in [-0.1, -0.05) is 25.1 Å². The van der Waals surface area contributed by atoms with Gasteiger partial charge in [0.05, 0.1) is 0 Å². The summed E-state index contributed by atoms with van der Waals surface area (Å²) in [6.45, 7) is 0.890. The molecule has 1 aromatic rings. The van der Waals surface area contributed by atoms with Gasteiger partial charge in [0, 0.05) is 11.1 Å². The van der Waals surface area contributed by atoms with Crippen molar-refractivity contribution in [2.45, 2.75) is 49.4 Å². The van der Waals surface area contributed by atoms with Crippen LogP contribution in [0.2, 0.25) is 0 Å². The van der Waals surface area contributed by atoms with E-state index in [0.29, 0.717) is 6.42 Å². The van der Waals surface area contributed by atoms with Crippen LogP contribution >= 0.6 is 0 Å². The van der Waals surface area contributed by atoms with Crippen LogP contribution in [0.3, 0.4) is 0 Å². The average molecular weight is 455 g/mol. The van der Waals surface area contributed by atoms with Gasteiger partial charge in [-0.15, -0.1) is 0 Å². The Morgan fingerprint density at radius 2 is 0.931 bits per heavy atom. The highest BCUT2D eigenvalue weighted by Gasteiger charge is 2.76. The molecule has 14 heteroatoms. The van der Waals surface area contributed by atoms with Crippen molar-refractivity contribution >= 4 is 0 Å². The molecule has 0 heterocycles. The van der Waals surface area contributed by atoms with E-state index in [2.05, 4.69) is 0 Å². The first kappa shape index (κ1) is 25.3. The number of rotatable bonds is 6. The lowest BCUT2D eigenvalue weighted by Gasteiger charge is -2.33. The van der Waals surface area contributed by atoms with Gasteiger partial charge >= 0.3 is 36.0 Å². The van der Waals surface area contributed by atoms with Crippen molar-refractivity contribution in [3.05, 3.63) is 41.3 Å². The molecule has 0 bridgehead atoms. The molecule has 1 rings (SSSR count). The van der Waals surface area contributed by atoms with Crippen molar-refractivity contribution in [3.63, 3.8) is 0 Å². The third kappa shape index (κ3) is 3.86. The lowest BCUT2D eigenvalue weighted by atomic mass is 9.86. The molecular weight excluding hydrogens is 446 g/mol. The standard InChI is InChI=1S/C15H9F14/c1-2-4-7-8(10(16,17)12(20,21)14(24,25)26)5-3-6-9(7)11(18,19)13(22,23)15(27,28)29/h2-3,5-6H,4H2,1H3. The molecule has 0 aromatic heterocycles. The molecule has 0 aliphatic heterocycles. The molecule has 167 valence electrons. The predicted molar refractivity (Wildman–Crippen MR) is 69.9 cm³/mol. The van der Waals surface area contributed by atoms with Crippen LogP contribution in [0.25, 0.3) is 0 Å². The van der Waals surface area contributed by atoms with Gasteiger partial charge in [0.1, 0.15) is 0 Å². The lowest BCUT2D eigenvalue weighted by Crippen LogP contribution is -2.52. The molecular formula is C15H9F14. The smallest absolute Gasteiger partial charge is 0.194 e. The van der Waals surface area contributed by atoms with E-state index in [4.69, 9.17) is 0 Å². The fourth-order valence-corrected chi connectivity index (χ4v) is 2.29. The van der Waals surface area contributed by atoms with E-state index >= 15 is 0 Å². The molecule has 0 nitrogen and oxygen atoms in total. The molecule has 0 amide bonds. The van der Waals surface area contributed by atoms with Gasteiger partial charge in [-0.05, 0) is 18.4 Å². The second-order valence-corrected chi connectivity index (χ2v) is 5.74. The highest BCUT2D eigenvalue weighted by Crippen LogP contribution is 2.56. The Balaban J connectivity index is 3.87. The summed E-state index contributed by atoms with van der Waals surface area (Å²) >= 11 is 0. The van der Waals surface area contributed by atoms with Crippen LogP contribution in [0.1, 0.15) is 23.6 Å². The topological polar surface area (TPSA) is 0 Å². The second kappa shape index (κ2) is 7.18. The molecule has 0 atom stereocenters. The van der Waals surface area contributed by atoms with Crippen LogP contribution in [-0.2, 0) is 18.3 Å². The fourth-order valence-electron chi connectivity index (χ4n) is 2.29. The molecule has 0 saturated carbocycles. The van der Waals surface area contributed by atoms with Crippen molar-refractivity contribution in [1.82, 2.24) is 0 Å². The molecule has 0 spiro atoms. The quantitative estimate of drug-likeness (QED) is 0.404. The van der Waals surface area contributed by atoms with Crippen LogP contribution in [0, 0.1) is 6.42 Å². The first-order chi connectivity index (χ1) is 12.7. The van der Waals surface area contributed by atoms with E-state index in [9.17, 15) is 61.5 Å². The van der Waals surface area contributed by atoms with Crippen LogP contribution in [0.4, 0.5) is 61.5 Å². The summed E-state index contributed by atoms with van der Waals surface area (Å²) in [6, 6.07) is -0.432. The first-order valence-corrected chi connectivity index (χ1v) is 7.23. The summed E-state index contributed by atoms with van der Waals surface area (Å²) in [6.07, 6.45) is -14.5. The Labute approximate surface area is 153 Å². The van der Waals surface area contributed by atoms with Crippen molar-refractivity contribution < 1.29 is 61.5 Å². The van der Waals surface area contributed by atoms with E-state index in [0.717, 1.165) is 6.92 Å². The first-order valence-electron chi connectivity index (χ1n) is 7.23. The minimum Gasteiger partial charge on any atom is -0.194 e. The molecule has 0 unspecified atom stereocenters. The van der Waals surface area contributed by atoms with Gasteiger partial charge in [-0.3, -0.25) is 0 Å². The molecule has 29 heavy (non-hydrogen) atoms. The maximum Gasteiger partial charge on any atom is 0.460 e. The van der Waals surface area contributed by atoms with Crippen molar-refractivity contribution in [3.8, 4) is 0 Å². The maximum absolute atomic E-state index is 14.0. The van der Waals surface area contributed by atoms with Crippen LogP contribution < -0.4 is 0 Å². The molecule has 1 aromatic carbocycles. The van der Waals surface area contributed by atoms with Gasteiger partial charge in [-0.2, -0.15) is 61.5 Å². The summed E-state index contributed by atoms with van der Waals surface area (Å²) < 4.78 is 183. The maximum atomic E-state index is 14.0. The van der Waals surface area contributed by atoms with Crippen molar-refractivity contribution in [2.24, 2.45) is 0 Å². The normalized spacial score (nSPS) is 15.0. The zero-order valence-electron chi connectivity index (χ0n) is 13.8. The van der Waals surface area contributed by atoms with Crippen molar-refractivity contribution in [2.75, 3.05) is 0 Å². The summed E-state index contributed by atoms with van der Waals surface area (Å²) in [5, 5.41) is 0. The van der Waals surface area contributed by atoms with Gasteiger partial charge < -0.3 is 0 Å². The third-order valence-corrected chi connectivity index (χ3v) is 3.76. The molecule has 0 saturated heterocycles. The molecule has 0 aliphatic rings. The summed E-state index contributed by atoms with van der Waals surface area (Å²) in [7, 11) is 0. The summed E-state index contributed by atoms with van der Waals surface area (Å²) in [5.41, 5.74) is -6.85. The van der Waals surface area contributed by atoms with E-state index in [-0.39, 0.29) is 18.2 Å². The van der Waals surface area contributed by atoms with Crippen LogP contribution in [0.15, 0.2) is 18.2 Å². The monoisotopic (exact) mass is 455 g/mol. The van der Waals surface area contributed by atoms with Gasteiger partial charge in [0.15, 0.2) is 0 Å². The fraction of sp³-hybridized carbons (Fsp3) is 0.533. The zero-order chi connectivity index (χ0) is 23.3. The average Bonchev–Trinajstić information content (AvgIpc) is 2.52. The highest BCUT2D eigenvalue weighted by molar-refractivity contribution is 5.43. The van der Waals surface area contributed by atoms with E-state index in [1.807, 2.05) is 0 Å². The van der Waals surface area contributed by atoms with E-state index in [1.54, 1.807) is 0 Å². The third-order valence-electron chi connectivity index (χ3n) is 3.76. The number of hydrogen-bond acceptors (Lipinski definition) is 0. The Hall–Kier alpha value is -1.76. The molecule has 0 N–H and O–H groups in total. The SMILES string of the molecule is C[CH]Cc1c(C(F)(F)C(F)(F)C(F)(F)F)cccc1C(F)(F)C(F)(F)C(F)(F)F. The second-order valence-electron chi connectivity index (χ2n) is 5.74. The Kier molecular flexibility index (Phi) is 6.26. The van der Waals surface area contributed by atoms with Gasteiger partial charge in [-0.25, -0.2) is 0 Å². The highest BCUT2D eigenvalue weighted by atomic mass is 19.4. The lowest BCUT2D eigenvalue weighted by molar-refractivity contribution is -0.361. The van der Waals surface area contributed by atoms with Gasteiger partial charge in [0.25, 0.3) is 0 Å². The number of halogens is 14. The van der Waals surface area contributed by atoms with Crippen molar-refractivity contribution in [1.29, 1.82) is 0 Å². The molecule has 0 fully saturated rings. The summed E-state index contributed by atoms with van der Waals surface area (Å²) in [4.78, 5) is 0. The number of alkyl halides is 14. The number of benzene rings is 1. The minimum atomic E-state index is -6.89. The minimum absolute atomic E-state index is 0.0510. The predicted octanol–water partition coefficient (Wildman–Crippen LogP) is 7.03. The molecule has 1 radical (unpaired) electrons. The number of hydrogen-bond donors (Lipinski definition) is 0. The molecule has 0 aliphatic carbocycles. The Bertz CT molecular complexity index is 669. The zero-order valence-corrected chi connectivity index (χ0v) is 13.8. The van der Waals surface area contributed by atoms with E-state index < -0.39 is 59.2 Å². The van der Waals surface area contributed by atoms with Crippen LogP contribution in [-0.4, -0.2) is 24.2 Å².